The molecule has 0 bridgehead atoms. The van der Waals surface area contributed by atoms with Crippen molar-refractivity contribution in [3.63, 3.8) is 0 Å². The number of nitrogens with one attached hydrogen (secondary N) is 1. The zero-order valence-electron chi connectivity index (χ0n) is 12.2. The Kier molecular flexibility index (Phi) is 3.08. The molecule has 0 amide bonds. The lowest BCUT2D eigenvalue weighted by Crippen LogP contribution is -2.30. The third-order valence-corrected chi connectivity index (χ3v) is 4.47. The molecule has 2 heterocycles. The van der Waals surface area contributed by atoms with Crippen LogP contribution in [0.4, 0.5) is 0 Å². The molecule has 0 aliphatic carbocycles. The Morgan fingerprint density at radius 1 is 1.19 bits per heavy atom. The van der Waals surface area contributed by atoms with E-state index in [1.807, 2.05) is 0 Å². The minimum absolute atomic E-state index is 0.245. The molecule has 1 atom stereocenters. The fraction of sp³-hybridized carbons (Fsp3) is 0.333. The topological polar surface area (TPSA) is 30.5 Å². The van der Waals surface area contributed by atoms with E-state index in [9.17, 15) is 0 Å². The maximum absolute atomic E-state index is 5.61. The smallest absolute Gasteiger partial charge is 0.122 e. The molecular formula is C18H19NO2. The molecule has 2 aromatic carbocycles. The summed E-state index contributed by atoms with van der Waals surface area (Å²) in [5.41, 5.74) is 5.30. The van der Waals surface area contributed by atoms with Crippen molar-refractivity contribution in [2.45, 2.75) is 18.9 Å². The van der Waals surface area contributed by atoms with Gasteiger partial charge in [0.25, 0.3) is 0 Å². The zero-order valence-corrected chi connectivity index (χ0v) is 12.2. The van der Waals surface area contributed by atoms with Crippen LogP contribution >= 0.6 is 0 Å². The van der Waals surface area contributed by atoms with Crippen molar-refractivity contribution in [1.29, 1.82) is 0 Å². The van der Waals surface area contributed by atoms with E-state index in [-0.39, 0.29) is 6.04 Å². The summed E-state index contributed by atoms with van der Waals surface area (Å²) in [6.45, 7) is 1.78. The first-order valence-electron chi connectivity index (χ1n) is 7.51. The number of hydrogen-bond acceptors (Lipinski definition) is 3. The first-order valence-corrected chi connectivity index (χ1v) is 7.51. The zero-order chi connectivity index (χ0) is 14.2. The predicted octanol–water partition coefficient (Wildman–Crippen LogP) is 2.87. The van der Waals surface area contributed by atoms with Crippen LogP contribution in [0.5, 0.6) is 11.5 Å². The highest BCUT2D eigenvalue weighted by Gasteiger charge is 2.24. The summed E-state index contributed by atoms with van der Waals surface area (Å²) in [7, 11) is 1.75. The summed E-state index contributed by atoms with van der Waals surface area (Å²) < 4.78 is 11.1. The van der Waals surface area contributed by atoms with Gasteiger partial charge in [-0.3, -0.25) is 0 Å². The molecule has 108 valence electrons. The van der Waals surface area contributed by atoms with Crippen molar-refractivity contribution in [2.75, 3.05) is 20.3 Å². The van der Waals surface area contributed by atoms with Gasteiger partial charge in [-0.1, -0.05) is 24.3 Å². The third-order valence-electron chi connectivity index (χ3n) is 4.47. The number of rotatable bonds is 2. The van der Waals surface area contributed by atoms with E-state index in [0.29, 0.717) is 0 Å². The molecule has 0 fully saturated rings. The maximum Gasteiger partial charge on any atom is 0.122 e. The van der Waals surface area contributed by atoms with Gasteiger partial charge >= 0.3 is 0 Å². The molecule has 1 N–H and O–H groups in total. The van der Waals surface area contributed by atoms with Gasteiger partial charge in [-0.25, -0.2) is 0 Å². The van der Waals surface area contributed by atoms with Crippen LogP contribution in [-0.2, 0) is 12.8 Å². The van der Waals surface area contributed by atoms with Gasteiger partial charge in [0, 0.05) is 18.5 Å². The Labute approximate surface area is 124 Å². The number of ether oxygens (including phenoxy) is 2. The quantitative estimate of drug-likeness (QED) is 0.918. The number of hydrogen-bond donors (Lipinski definition) is 1. The number of fused-ring (bicyclic) bond motifs is 2. The van der Waals surface area contributed by atoms with Gasteiger partial charge in [0.2, 0.25) is 0 Å². The SMILES string of the molecule is COc1cccc2c1CCNC2c1ccc2c(c1)CCO2. The molecule has 0 aromatic heterocycles. The van der Waals surface area contributed by atoms with E-state index < -0.39 is 0 Å². The molecule has 3 heteroatoms. The lowest BCUT2D eigenvalue weighted by Gasteiger charge is -2.28. The summed E-state index contributed by atoms with van der Waals surface area (Å²) in [6.07, 6.45) is 2.03. The van der Waals surface area contributed by atoms with Crippen molar-refractivity contribution < 1.29 is 9.47 Å². The van der Waals surface area contributed by atoms with Crippen LogP contribution in [0.1, 0.15) is 28.3 Å². The summed E-state index contributed by atoms with van der Waals surface area (Å²) in [5, 5.41) is 3.64. The van der Waals surface area contributed by atoms with E-state index in [1.54, 1.807) is 7.11 Å². The standard InChI is InChI=1S/C18H19NO2/c1-20-17-4-2-3-15-14(17)7-9-19-18(15)13-5-6-16-12(11-13)8-10-21-16/h2-6,11,18-19H,7-10H2,1H3. The molecule has 0 spiro atoms. The molecule has 4 rings (SSSR count). The lowest BCUT2D eigenvalue weighted by molar-refractivity contribution is 0.356. The lowest BCUT2D eigenvalue weighted by atomic mass is 9.88. The normalized spacial score (nSPS) is 19.6. The first-order chi connectivity index (χ1) is 10.4. The van der Waals surface area contributed by atoms with Gasteiger partial charge in [0.05, 0.1) is 19.8 Å². The van der Waals surface area contributed by atoms with Gasteiger partial charge < -0.3 is 14.8 Å². The molecular weight excluding hydrogens is 262 g/mol. The highest BCUT2D eigenvalue weighted by Crippen LogP contribution is 2.36. The first kappa shape index (κ1) is 12.7. The monoisotopic (exact) mass is 281 g/mol. The number of methoxy groups -OCH3 is 1. The fourth-order valence-corrected chi connectivity index (χ4v) is 3.45. The molecule has 3 nitrogen and oxygen atoms in total. The molecule has 1 unspecified atom stereocenters. The van der Waals surface area contributed by atoms with Crippen LogP contribution in [-0.4, -0.2) is 20.3 Å². The van der Waals surface area contributed by atoms with Gasteiger partial charge in [-0.2, -0.15) is 0 Å². The Hall–Kier alpha value is -2.00. The van der Waals surface area contributed by atoms with Gasteiger partial charge in [-0.05, 0) is 35.2 Å². The fourth-order valence-electron chi connectivity index (χ4n) is 3.45. The summed E-state index contributed by atoms with van der Waals surface area (Å²) >= 11 is 0. The van der Waals surface area contributed by atoms with E-state index in [0.717, 1.165) is 37.5 Å². The Morgan fingerprint density at radius 2 is 2.14 bits per heavy atom. The maximum atomic E-state index is 5.61. The number of benzene rings is 2. The van der Waals surface area contributed by atoms with Gasteiger partial charge in [-0.15, -0.1) is 0 Å². The van der Waals surface area contributed by atoms with E-state index in [1.165, 1.54) is 22.3 Å². The highest BCUT2D eigenvalue weighted by atomic mass is 16.5. The van der Waals surface area contributed by atoms with E-state index >= 15 is 0 Å². The van der Waals surface area contributed by atoms with Crippen molar-refractivity contribution in [3.05, 3.63) is 58.7 Å². The van der Waals surface area contributed by atoms with Crippen molar-refractivity contribution in [3.8, 4) is 11.5 Å². The molecule has 0 saturated carbocycles. The summed E-state index contributed by atoms with van der Waals surface area (Å²) in [5.74, 6) is 2.05. The largest absolute Gasteiger partial charge is 0.496 e. The van der Waals surface area contributed by atoms with Crippen LogP contribution in [0.15, 0.2) is 36.4 Å². The average molecular weight is 281 g/mol. The molecule has 2 aromatic rings. The average Bonchev–Trinajstić information content (AvgIpc) is 3.01. The van der Waals surface area contributed by atoms with Crippen molar-refractivity contribution in [1.82, 2.24) is 5.32 Å². The Bertz CT molecular complexity index is 681. The highest BCUT2D eigenvalue weighted by molar-refractivity contribution is 5.49. The Balaban J connectivity index is 1.78. The van der Waals surface area contributed by atoms with Crippen LogP contribution in [0, 0.1) is 0 Å². The molecule has 21 heavy (non-hydrogen) atoms. The van der Waals surface area contributed by atoms with E-state index in [4.69, 9.17) is 9.47 Å². The van der Waals surface area contributed by atoms with Gasteiger partial charge in [0.1, 0.15) is 11.5 Å². The van der Waals surface area contributed by atoms with Gasteiger partial charge in [0.15, 0.2) is 0 Å². The second-order valence-electron chi connectivity index (χ2n) is 5.63. The minimum Gasteiger partial charge on any atom is -0.496 e. The second-order valence-corrected chi connectivity index (χ2v) is 5.63. The third kappa shape index (κ3) is 2.09. The predicted molar refractivity (Wildman–Crippen MR) is 82.2 cm³/mol. The van der Waals surface area contributed by atoms with Crippen LogP contribution in [0.2, 0.25) is 0 Å². The summed E-state index contributed by atoms with van der Waals surface area (Å²) in [4.78, 5) is 0. The minimum atomic E-state index is 0.245. The Morgan fingerprint density at radius 3 is 3.05 bits per heavy atom. The molecule has 2 aliphatic heterocycles. The summed E-state index contributed by atoms with van der Waals surface area (Å²) in [6, 6.07) is 13.2. The molecule has 0 saturated heterocycles. The molecule has 0 radical (unpaired) electrons. The second kappa shape index (κ2) is 5.08. The van der Waals surface area contributed by atoms with Crippen LogP contribution in [0.3, 0.4) is 0 Å². The van der Waals surface area contributed by atoms with Crippen LogP contribution < -0.4 is 14.8 Å². The van der Waals surface area contributed by atoms with E-state index in [2.05, 4.69) is 41.7 Å². The van der Waals surface area contributed by atoms with Crippen molar-refractivity contribution in [2.24, 2.45) is 0 Å². The van der Waals surface area contributed by atoms with Crippen LogP contribution in [0.25, 0.3) is 0 Å². The molecule has 2 aliphatic rings. The van der Waals surface area contributed by atoms with Crippen molar-refractivity contribution >= 4 is 0 Å².